The SMILES string of the molecule is CC.CCC(C)CN1CCC(CN2CCC3(CC2)CN(CC)C3)C(F)(F)C1. The molecule has 3 rings (SSSR count). The van der Waals surface area contributed by atoms with Crippen molar-refractivity contribution >= 4 is 0 Å². The molecule has 0 saturated carbocycles. The summed E-state index contributed by atoms with van der Waals surface area (Å²) < 4.78 is 29.4. The summed E-state index contributed by atoms with van der Waals surface area (Å²) >= 11 is 0. The molecule has 0 bridgehead atoms. The van der Waals surface area contributed by atoms with Crippen LogP contribution in [0.2, 0.25) is 0 Å². The molecule has 0 N–H and O–H groups in total. The zero-order valence-corrected chi connectivity index (χ0v) is 18.4. The number of likely N-dealkylation sites (tertiary alicyclic amines) is 3. The molecule has 1 spiro atoms. The summed E-state index contributed by atoms with van der Waals surface area (Å²) in [5.41, 5.74) is 0.509. The Morgan fingerprint density at radius 2 is 1.56 bits per heavy atom. The first-order valence-corrected chi connectivity index (χ1v) is 11.4. The highest BCUT2D eigenvalue weighted by Crippen LogP contribution is 2.41. The molecule has 160 valence electrons. The van der Waals surface area contributed by atoms with E-state index in [0.29, 0.717) is 24.3 Å². The summed E-state index contributed by atoms with van der Waals surface area (Å²) in [6.45, 7) is 18.4. The molecule has 3 aliphatic rings. The van der Waals surface area contributed by atoms with Gasteiger partial charge in [-0.25, -0.2) is 8.78 Å². The average molecular weight is 388 g/mol. The van der Waals surface area contributed by atoms with E-state index in [-0.39, 0.29) is 6.54 Å². The minimum absolute atomic E-state index is 0.0365. The lowest BCUT2D eigenvalue weighted by atomic mass is 9.72. The third-order valence-electron chi connectivity index (χ3n) is 7.05. The van der Waals surface area contributed by atoms with Gasteiger partial charge in [-0.3, -0.25) is 4.90 Å². The Balaban J connectivity index is 0.00000126. The van der Waals surface area contributed by atoms with Crippen molar-refractivity contribution in [2.75, 3.05) is 58.9 Å². The van der Waals surface area contributed by atoms with E-state index in [9.17, 15) is 8.78 Å². The lowest BCUT2D eigenvalue weighted by Gasteiger charge is -2.54. The van der Waals surface area contributed by atoms with Gasteiger partial charge in [-0.15, -0.1) is 0 Å². The fraction of sp³-hybridized carbons (Fsp3) is 1.00. The summed E-state index contributed by atoms with van der Waals surface area (Å²) in [7, 11) is 0. The van der Waals surface area contributed by atoms with Crippen molar-refractivity contribution in [3.8, 4) is 0 Å². The summed E-state index contributed by atoms with van der Waals surface area (Å²) in [6.07, 6.45) is 4.11. The second-order valence-electron chi connectivity index (χ2n) is 9.10. The molecule has 3 fully saturated rings. The molecule has 0 aromatic heterocycles. The Morgan fingerprint density at radius 1 is 0.926 bits per heavy atom. The van der Waals surface area contributed by atoms with Crippen molar-refractivity contribution in [1.29, 1.82) is 0 Å². The Hall–Kier alpha value is -0.260. The van der Waals surface area contributed by atoms with Crippen molar-refractivity contribution in [3.63, 3.8) is 0 Å². The summed E-state index contributed by atoms with van der Waals surface area (Å²) in [5.74, 6) is -2.48. The topological polar surface area (TPSA) is 9.72 Å². The maximum absolute atomic E-state index is 14.7. The fourth-order valence-electron chi connectivity index (χ4n) is 4.97. The number of halogens is 2. The standard InChI is InChI=1S/C20H37F2N3.C2H6/c1-4-17(3)12-25-9-6-18(20(21,22)16-25)13-24-10-7-19(8-11-24)14-23(5-2)15-19;1-2/h17-18H,4-16H2,1-3H3;1-2H3. The molecule has 27 heavy (non-hydrogen) atoms. The van der Waals surface area contributed by atoms with Gasteiger partial charge in [0.05, 0.1) is 6.54 Å². The van der Waals surface area contributed by atoms with Crippen LogP contribution in [0.25, 0.3) is 0 Å². The van der Waals surface area contributed by atoms with Gasteiger partial charge in [0.25, 0.3) is 5.92 Å². The predicted octanol–water partition coefficient (Wildman–Crippen LogP) is 4.43. The van der Waals surface area contributed by atoms with Crippen LogP contribution in [-0.4, -0.2) is 79.5 Å². The van der Waals surface area contributed by atoms with Crippen molar-refractivity contribution in [1.82, 2.24) is 14.7 Å². The third-order valence-corrected chi connectivity index (χ3v) is 7.05. The average Bonchev–Trinajstić information content (AvgIpc) is 2.64. The molecule has 0 aliphatic carbocycles. The minimum Gasteiger partial charge on any atom is -0.303 e. The molecule has 0 radical (unpaired) electrons. The molecule has 3 saturated heterocycles. The maximum atomic E-state index is 14.7. The fourth-order valence-corrected chi connectivity index (χ4v) is 4.97. The number of alkyl halides is 2. The van der Waals surface area contributed by atoms with E-state index < -0.39 is 11.8 Å². The van der Waals surface area contributed by atoms with E-state index in [4.69, 9.17) is 0 Å². The van der Waals surface area contributed by atoms with Crippen LogP contribution in [0.3, 0.4) is 0 Å². The van der Waals surface area contributed by atoms with Gasteiger partial charge in [-0.05, 0) is 56.8 Å². The van der Waals surface area contributed by atoms with Gasteiger partial charge in [0.15, 0.2) is 0 Å². The van der Waals surface area contributed by atoms with Gasteiger partial charge in [0.1, 0.15) is 0 Å². The zero-order valence-electron chi connectivity index (χ0n) is 18.4. The van der Waals surface area contributed by atoms with Gasteiger partial charge in [-0.1, -0.05) is 41.0 Å². The smallest absolute Gasteiger partial charge is 0.264 e. The van der Waals surface area contributed by atoms with Crippen molar-refractivity contribution < 1.29 is 8.78 Å². The Labute approximate surface area is 166 Å². The van der Waals surface area contributed by atoms with Crippen LogP contribution < -0.4 is 0 Å². The molecule has 3 nitrogen and oxygen atoms in total. The highest BCUT2D eigenvalue weighted by Gasteiger charge is 2.47. The van der Waals surface area contributed by atoms with Crippen LogP contribution >= 0.6 is 0 Å². The number of rotatable bonds is 6. The van der Waals surface area contributed by atoms with Gasteiger partial charge < -0.3 is 9.80 Å². The quantitative estimate of drug-likeness (QED) is 0.667. The first-order chi connectivity index (χ1) is 12.9. The van der Waals surface area contributed by atoms with E-state index in [1.807, 2.05) is 18.7 Å². The van der Waals surface area contributed by atoms with Crippen LogP contribution in [0.1, 0.15) is 60.3 Å². The van der Waals surface area contributed by atoms with E-state index in [1.54, 1.807) is 0 Å². The first-order valence-electron chi connectivity index (χ1n) is 11.4. The van der Waals surface area contributed by atoms with E-state index in [2.05, 4.69) is 30.6 Å². The Kier molecular flexibility index (Phi) is 8.51. The molecule has 2 atom stereocenters. The predicted molar refractivity (Wildman–Crippen MR) is 111 cm³/mol. The van der Waals surface area contributed by atoms with Crippen LogP contribution in [0.15, 0.2) is 0 Å². The molecule has 2 unspecified atom stereocenters. The zero-order chi connectivity index (χ0) is 20.1. The molecular weight excluding hydrogens is 344 g/mol. The van der Waals surface area contributed by atoms with Gasteiger partial charge in [0, 0.05) is 32.1 Å². The van der Waals surface area contributed by atoms with Gasteiger partial charge in [0.2, 0.25) is 0 Å². The van der Waals surface area contributed by atoms with Crippen molar-refractivity contribution in [2.45, 2.75) is 66.2 Å². The van der Waals surface area contributed by atoms with Crippen molar-refractivity contribution in [2.24, 2.45) is 17.3 Å². The summed E-state index contributed by atoms with van der Waals surface area (Å²) in [6, 6.07) is 0. The molecule has 5 heteroatoms. The molecular formula is C22H43F2N3. The second kappa shape index (κ2) is 9.98. The molecule has 0 aromatic carbocycles. The number of piperidine rings is 2. The lowest BCUT2D eigenvalue weighted by Crippen LogP contribution is -2.61. The second-order valence-corrected chi connectivity index (χ2v) is 9.10. The Bertz CT molecular complexity index is 427. The monoisotopic (exact) mass is 387 g/mol. The van der Waals surface area contributed by atoms with Crippen molar-refractivity contribution in [3.05, 3.63) is 0 Å². The van der Waals surface area contributed by atoms with Crippen LogP contribution in [0.4, 0.5) is 8.78 Å². The summed E-state index contributed by atoms with van der Waals surface area (Å²) in [5, 5.41) is 0. The number of nitrogens with zero attached hydrogens (tertiary/aromatic N) is 3. The summed E-state index contributed by atoms with van der Waals surface area (Å²) in [4.78, 5) is 6.81. The normalized spacial score (nSPS) is 29.7. The highest BCUT2D eigenvalue weighted by atomic mass is 19.3. The van der Waals surface area contributed by atoms with Crippen LogP contribution in [0.5, 0.6) is 0 Å². The first kappa shape index (κ1) is 23.0. The van der Waals surface area contributed by atoms with Crippen LogP contribution in [-0.2, 0) is 0 Å². The number of hydrogen-bond acceptors (Lipinski definition) is 3. The maximum Gasteiger partial charge on any atom is 0.264 e. The molecule has 0 aromatic rings. The molecule has 0 amide bonds. The largest absolute Gasteiger partial charge is 0.303 e. The Morgan fingerprint density at radius 3 is 2.07 bits per heavy atom. The number of hydrogen-bond donors (Lipinski definition) is 0. The molecule has 3 aliphatic heterocycles. The highest BCUT2D eigenvalue weighted by molar-refractivity contribution is 4.98. The lowest BCUT2D eigenvalue weighted by molar-refractivity contribution is -0.125. The van der Waals surface area contributed by atoms with Gasteiger partial charge >= 0.3 is 0 Å². The van der Waals surface area contributed by atoms with E-state index in [0.717, 1.165) is 39.1 Å². The van der Waals surface area contributed by atoms with Crippen LogP contribution in [0, 0.1) is 17.3 Å². The third kappa shape index (κ3) is 5.86. The van der Waals surface area contributed by atoms with E-state index in [1.165, 1.54) is 25.9 Å². The minimum atomic E-state index is -2.53. The van der Waals surface area contributed by atoms with Gasteiger partial charge in [-0.2, -0.15) is 0 Å². The van der Waals surface area contributed by atoms with E-state index >= 15 is 0 Å². The molecule has 3 heterocycles.